The molecule has 186 valence electrons. The van der Waals surface area contributed by atoms with Crippen LogP contribution in [0.1, 0.15) is 82.8 Å². The van der Waals surface area contributed by atoms with E-state index in [-0.39, 0.29) is 12.0 Å². The number of carbonyl (C=O) groups is 2. The Balaban J connectivity index is 1.30. The lowest BCUT2D eigenvalue weighted by Crippen LogP contribution is -2.48. The highest BCUT2D eigenvalue weighted by atomic mass is 16.6. The molecule has 1 aliphatic carbocycles. The lowest BCUT2D eigenvalue weighted by molar-refractivity contribution is -0.122. The highest BCUT2D eigenvalue weighted by molar-refractivity contribution is 6.00. The van der Waals surface area contributed by atoms with Crippen LogP contribution in [0.15, 0.2) is 42.5 Å². The minimum absolute atomic E-state index is 0.0108. The van der Waals surface area contributed by atoms with Gasteiger partial charge >= 0.3 is 6.09 Å². The van der Waals surface area contributed by atoms with E-state index in [0.717, 1.165) is 18.5 Å². The summed E-state index contributed by atoms with van der Waals surface area (Å²) in [6.07, 6.45) is 8.67. The molecule has 2 fully saturated rings. The monoisotopic (exact) mass is 474 g/mol. The van der Waals surface area contributed by atoms with Gasteiger partial charge in [-0.15, -0.1) is 0 Å². The standard InChI is InChI=1S/C30H38N2O3/c1-30(2,3)35-29(34)32-18-7-10-27(32)28(33)31-19-17-25-20-24(15-16-26(25)31)23-13-11-22(12-14-23)21-8-5-4-6-9-21/h11-16,20-21,27H,4-10,17-19H2,1-3H3. The van der Waals surface area contributed by atoms with E-state index in [2.05, 4.69) is 42.5 Å². The fraction of sp³-hybridized carbons (Fsp3) is 0.533. The van der Waals surface area contributed by atoms with E-state index in [0.29, 0.717) is 25.4 Å². The van der Waals surface area contributed by atoms with Crippen LogP contribution >= 0.6 is 0 Å². The van der Waals surface area contributed by atoms with E-state index in [1.54, 1.807) is 4.90 Å². The molecule has 1 saturated carbocycles. The Morgan fingerprint density at radius 2 is 1.57 bits per heavy atom. The molecular weight excluding hydrogens is 436 g/mol. The van der Waals surface area contributed by atoms with Crippen LogP contribution in [0.25, 0.3) is 11.1 Å². The number of ether oxygens (including phenoxy) is 1. The number of hydrogen-bond acceptors (Lipinski definition) is 3. The third kappa shape index (κ3) is 5.10. The van der Waals surface area contributed by atoms with Gasteiger partial charge in [0.05, 0.1) is 0 Å². The fourth-order valence-electron chi connectivity index (χ4n) is 5.94. The molecule has 1 atom stereocenters. The Labute approximate surface area is 209 Å². The second-order valence-electron chi connectivity index (χ2n) is 11.4. The van der Waals surface area contributed by atoms with Crippen LogP contribution in [-0.4, -0.2) is 41.6 Å². The summed E-state index contributed by atoms with van der Waals surface area (Å²) in [7, 11) is 0. The van der Waals surface area contributed by atoms with Crippen molar-refractivity contribution in [2.24, 2.45) is 0 Å². The second kappa shape index (κ2) is 9.67. The van der Waals surface area contributed by atoms with Crippen molar-refractivity contribution >= 4 is 17.7 Å². The van der Waals surface area contributed by atoms with Crippen LogP contribution in [0.3, 0.4) is 0 Å². The van der Waals surface area contributed by atoms with E-state index < -0.39 is 11.6 Å². The quantitative estimate of drug-likeness (QED) is 0.498. The first-order valence-corrected chi connectivity index (χ1v) is 13.3. The summed E-state index contributed by atoms with van der Waals surface area (Å²) in [4.78, 5) is 29.7. The minimum Gasteiger partial charge on any atom is -0.444 e. The van der Waals surface area contributed by atoms with Crippen molar-refractivity contribution in [2.45, 2.75) is 89.7 Å². The smallest absolute Gasteiger partial charge is 0.410 e. The normalized spacial score (nSPS) is 20.7. The summed E-state index contributed by atoms with van der Waals surface area (Å²) in [5.41, 5.74) is 5.51. The number of anilines is 1. The molecule has 2 aliphatic heterocycles. The molecule has 2 heterocycles. The number of likely N-dealkylation sites (tertiary alicyclic amines) is 1. The van der Waals surface area contributed by atoms with E-state index in [1.807, 2.05) is 25.7 Å². The fourth-order valence-corrected chi connectivity index (χ4v) is 5.94. The Morgan fingerprint density at radius 3 is 2.29 bits per heavy atom. The van der Waals surface area contributed by atoms with Crippen LogP contribution in [0.5, 0.6) is 0 Å². The van der Waals surface area contributed by atoms with E-state index in [9.17, 15) is 9.59 Å². The maximum atomic E-state index is 13.5. The largest absolute Gasteiger partial charge is 0.444 e. The van der Waals surface area contributed by atoms with Crippen molar-refractivity contribution in [3.8, 4) is 11.1 Å². The molecule has 35 heavy (non-hydrogen) atoms. The van der Waals surface area contributed by atoms with Crippen LogP contribution in [0.2, 0.25) is 0 Å². The zero-order valence-corrected chi connectivity index (χ0v) is 21.4. The molecule has 5 heteroatoms. The molecule has 2 amide bonds. The number of carbonyl (C=O) groups excluding carboxylic acids is 2. The summed E-state index contributed by atoms with van der Waals surface area (Å²) in [5.74, 6) is 0.727. The van der Waals surface area contributed by atoms with Gasteiger partial charge in [0.1, 0.15) is 11.6 Å². The van der Waals surface area contributed by atoms with Gasteiger partial charge in [-0.25, -0.2) is 4.79 Å². The molecule has 0 radical (unpaired) electrons. The Morgan fingerprint density at radius 1 is 0.857 bits per heavy atom. The van der Waals surface area contributed by atoms with Crippen molar-refractivity contribution in [1.82, 2.24) is 4.90 Å². The predicted octanol–water partition coefficient (Wildman–Crippen LogP) is 6.69. The topological polar surface area (TPSA) is 49.9 Å². The van der Waals surface area contributed by atoms with Crippen LogP contribution in [-0.2, 0) is 16.0 Å². The SMILES string of the molecule is CC(C)(C)OC(=O)N1CCCC1C(=O)N1CCc2cc(-c3ccc(C4CCCCC4)cc3)ccc21. The lowest BCUT2D eigenvalue weighted by Gasteiger charge is -2.30. The van der Waals surface area contributed by atoms with Gasteiger partial charge < -0.3 is 9.64 Å². The summed E-state index contributed by atoms with van der Waals surface area (Å²) in [6, 6.07) is 15.1. The Hall–Kier alpha value is -2.82. The van der Waals surface area contributed by atoms with Gasteiger partial charge in [0.2, 0.25) is 5.91 Å². The number of hydrogen-bond donors (Lipinski definition) is 0. The number of rotatable bonds is 3. The van der Waals surface area contributed by atoms with Gasteiger partial charge in [0.25, 0.3) is 0 Å². The molecule has 5 rings (SSSR count). The van der Waals surface area contributed by atoms with Gasteiger partial charge in [0, 0.05) is 18.8 Å². The Kier molecular flexibility index (Phi) is 6.61. The summed E-state index contributed by atoms with van der Waals surface area (Å²) < 4.78 is 5.56. The van der Waals surface area contributed by atoms with Gasteiger partial charge in [-0.1, -0.05) is 49.6 Å². The summed E-state index contributed by atoms with van der Waals surface area (Å²) in [6.45, 7) is 6.81. The van der Waals surface area contributed by atoms with Gasteiger partial charge in [0.15, 0.2) is 0 Å². The van der Waals surface area contributed by atoms with Crippen molar-refractivity contribution in [1.29, 1.82) is 0 Å². The van der Waals surface area contributed by atoms with E-state index >= 15 is 0 Å². The van der Waals surface area contributed by atoms with Crippen LogP contribution in [0, 0.1) is 0 Å². The van der Waals surface area contributed by atoms with Crippen LogP contribution in [0.4, 0.5) is 10.5 Å². The van der Waals surface area contributed by atoms with Crippen molar-refractivity contribution in [2.75, 3.05) is 18.0 Å². The van der Waals surface area contributed by atoms with Crippen molar-refractivity contribution < 1.29 is 14.3 Å². The molecule has 0 aromatic heterocycles. The molecule has 5 nitrogen and oxygen atoms in total. The highest BCUT2D eigenvalue weighted by Gasteiger charge is 2.40. The molecule has 2 aromatic rings. The van der Waals surface area contributed by atoms with Crippen LogP contribution < -0.4 is 4.90 Å². The molecule has 1 unspecified atom stereocenters. The molecule has 3 aliphatic rings. The first kappa shape index (κ1) is 23.9. The average molecular weight is 475 g/mol. The van der Waals surface area contributed by atoms with Gasteiger partial charge in [-0.3, -0.25) is 9.69 Å². The number of benzene rings is 2. The third-order valence-electron chi connectivity index (χ3n) is 7.73. The van der Waals surface area contributed by atoms with Crippen molar-refractivity contribution in [3.63, 3.8) is 0 Å². The molecule has 0 spiro atoms. The maximum absolute atomic E-state index is 13.5. The first-order valence-electron chi connectivity index (χ1n) is 13.3. The zero-order chi connectivity index (χ0) is 24.6. The number of nitrogens with zero attached hydrogens (tertiary/aromatic N) is 2. The maximum Gasteiger partial charge on any atom is 0.410 e. The third-order valence-corrected chi connectivity index (χ3v) is 7.73. The lowest BCUT2D eigenvalue weighted by atomic mass is 9.83. The van der Waals surface area contributed by atoms with E-state index in [4.69, 9.17) is 4.74 Å². The molecule has 1 saturated heterocycles. The molecule has 2 aromatic carbocycles. The number of amides is 2. The minimum atomic E-state index is -0.571. The zero-order valence-electron chi connectivity index (χ0n) is 21.4. The van der Waals surface area contributed by atoms with Gasteiger partial charge in [-0.2, -0.15) is 0 Å². The predicted molar refractivity (Wildman–Crippen MR) is 140 cm³/mol. The Bertz CT molecular complexity index is 1080. The highest BCUT2D eigenvalue weighted by Crippen LogP contribution is 2.36. The molecule has 0 N–H and O–H groups in total. The average Bonchev–Trinajstić information content (AvgIpc) is 3.50. The second-order valence-corrected chi connectivity index (χ2v) is 11.4. The first-order chi connectivity index (χ1) is 16.8. The molecular formula is C30H38N2O3. The van der Waals surface area contributed by atoms with Crippen molar-refractivity contribution in [3.05, 3.63) is 53.6 Å². The van der Waals surface area contributed by atoms with Gasteiger partial charge in [-0.05, 0) is 93.2 Å². The number of fused-ring (bicyclic) bond motifs is 1. The summed E-state index contributed by atoms with van der Waals surface area (Å²) >= 11 is 0. The summed E-state index contributed by atoms with van der Waals surface area (Å²) in [5, 5.41) is 0. The van der Waals surface area contributed by atoms with E-state index in [1.165, 1.54) is 54.4 Å². The molecule has 0 bridgehead atoms.